The van der Waals surface area contributed by atoms with Gasteiger partial charge in [0.15, 0.2) is 0 Å². The minimum absolute atomic E-state index is 0.419. The average Bonchev–Trinajstić information content (AvgIpc) is 2.67. The Labute approximate surface area is 148 Å². The van der Waals surface area contributed by atoms with Gasteiger partial charge in [0.25, 0.3) is 0 Å². The van der Waals surface area contributed by atoms with Gasteiger partial charge in [-0.1, -0.05) is 54.6 Å². The van der Waals surface area contributed by atoms with Crippen LogP contribution in [0.1, 0.15) is 12.5 Å². The number of benzene rings is 3. The van der Waals surface area contributed by atoms with Gasteiger partial charge in [0.2, 0.25) is 0 Å². The molecule has 1 aliphatic heterocycles. The Hall–Kier alpha value is -2.94. The Kier molecular flexibility index (Phi) is 4.30. The molecule has 0 aromatic heterocycles. The van der Waals surface area contributed by atoms with Crippen molar-refractivity contribution in [1.82, 2.24) is 0 Å². The van der Waals surface area contributed by atoms with Crippen LogP contribution in [0.15, 0.2) is 72.8 Å². The SMILES string of the molecule is C[C@@H]1CNc2cccc(-c3ccc(OCc4ccccc4)cc3)c2N1. The molecular formula is C22H22N2O. The molecular weight excluding hydrogens is 308 g/mol. The molecule has 3 heteroatoms. The highest BCUT2D eigenvalue weighted by atomic mass is 16.5. The fourth-order valence-corrected chi connectivity index (χ4v) is 3.13. The number of hydrogen-bond donors (Lipinski definition) is 2. The highest BCUT2D eigenvalue weighted by Crippen LogP contribution is 2.37. The third kappa shape index (κ3) is 3.45. The molecule has 2 N–H and O–H groups in total. The number of fused-ring (bicyclic) bond motifs is 1. The summed E-state index contributed by atoms with van der Waals surface area (Å²) in [5.41, 5.74) is 5.92. The van der Waals surface area contributed by atoms with E-state index in [1.54, 1.807) is 0 Å². The molecule has 0 amide bonds. The summed E-state index contributed by atoms with van der Waals surface area (Å²) >= 11 is 0. The minimum atomic E-state index is 0.419. The van der Waals surface area contributed by atoms with Crippen molar-refractivity contribution in [3.05, 3.63) is 78.4 Å². The number of rotatable bonds is 4. The van der Waals surface area contributed by atoms with Crippen molar-refractivity contribution >= 4 is 11.4 Å². The molecule has 3 aromatic rings. The molecule has 0 aliphatic carbocycles. The average molecular weight is 330 g/mol. The lowest BCUT2D eigenvalue weighted by molar-refractivity contribution is 0.306. The maximum absolute atomic E-state index is 5.88. The molecule has 0 spiro atoms. The fraction of sp³-hybridized carbons (Fsp3) is 0.182. The fourth-order valence-electron chi connectivity index (χ4n) is 3.13. The van der Waals surface area contributed by atoms with Gasteiger partial charge in [0, 0.05) is 18.2 Å². The Bertz CT molecular complexity index is 844. The predicted molar refractivity (Wildman–Crippen MR) is 104 cm³/mol. The molecule has 3 nitrogen and oxygen atoms in total. The molecule has 0 saturated carbocycles. The van der Waals surface area contributed by atoms with Crippen LogP contribution in [0.25, 0.3) is 11.1 Å². The topological polar surface area (TPSA) is 33.3 Å². The summed E-state index contributed by atoms with van der Waals surface area (Å²) in [5.74, 6) is 0.886. The van der Waals surface area contributed by atoms with Crippen molar-refractivity contribution in [1.29, 1.82) is 0 Å². The molecule has 0 radical (unpaired) electrons. The van der Waals surface area contributed by atoms with Gasteiger partial charge in [-0.2, -0.15) is 0 Å². The van der Waals surface area contributed by atoms with Gasteiger partial charge in [-0.05, 0) is 36.2 Å². The highest BCUT2D eigenvalue weighted by Gasteiger charge is 2.17. The molecule has 1 heterocycles. The Morgan fingerprint density at radius 3 is 2.52 bits per heavy atom. The van der Waals surface area contributed by atoms with Crippen LogP contribution in [0, 0.1) is 0 Å². The molecule has 0 bridgehead atoms. The standard InChI is InChI=1S/C22H22N2O/c1-16-14-23-21-9-5-8-20(22(21)24-16)18-10-12-19(13-11-18)25-15-17-6-3-2-4-7-17/h2-13,16,23-24H,14-15H2,1H3/t16-/m1/s1. The summed E-state index contributed by atoms with van der Waals surface area (Å²) < 4.78 is 5.88. The summed E-state index contributed by atoms with van der Waals surface area (Å²) in [5, 5.41) is 7.08. The summed E-state index contributed by atoms with van der Waals surface area (Å²) in [6, 6.07) is 25.3. The molecule has 0 fully saturated rings. The van der Waals surface area contributed by atoms with Crippen LogP contribution in [0.3, 0.4) is 0 Å². The lowest BCUT2D eigenvalue weighted by Gasteiger charge is -2.28. The van der Waals surface area contributed by atoms with Gasteiger partial charge in [-0.3, -0.25) is 0 Å². The first kappa shape index (κ1) is 15.6. The lowest BCUT2D eigenvalue weighted by Crippen LogP contribution is -2.30. The molecule has 1 aliphatic rings. The Morgan fingerprint density at radius 2 is 1.72 bits per heavy atom. The third-order valence-electron chi connectivity index (χ3n) is 4.47. The van der Waals surface area contributed by atoms with Gasteiger partial charge in [-0.25, -0.2) is 0 Å². The highest BCUT2D eigenvalue weighted by molar-refractivity contribution is 5.88. The number of anilines is 2. The van der Waals surface area contributed by atoms with E-state index in [1.165, 1.54) is 28.1 Å². The Morgan fingerprint density at radius 1 is 0.920 bits per heavy atom. The number of nitrogens with one attached hydrogen (secondary N) is 2. The molecule has 4 rings (SSSR count). The van der Waals surface area contributed by atoms with Gasteiger partial charge < -0.3 is 15.4 Å². The third-order valence-corrected chi connectivity index (χ3v) is 4.47. The van der Waals surface area contributed by atoms with Crippen molar-refractivity contribution in [3.8, 4) is 16.9 Å². The summed E-state index contributed by atoms with van der Waals surface area (Å²) in [6.45, 7) is 3.72. The normalized spacial score (nSPS) is 15.6. The van der Waals surface area contributed by atoms with E-state index in [2.05, 4.69) is 60.0 Å². The summed E-state index contributed by atoms with van der Waals surface area (Å²) in [4.78, 5) is 0. The first-order valence-electron chi connectivity index (χ1n) is 8.70. The van der Waals surface area contributed by atoms with Crippen molar-refractivity contribution in [2.45, 2.75) is 19.6 Å². The monoisotopic (exact) mass is 330 g/mol. The van der Waals surface area contributed by atoms with Crippen LogP contribution >= 0.6 is 0 Å². The zero-order chi connectivity index (χ0) is 17.1. The number of hydrogen-bond acceptors (Lipinski definition) is 3. The lowest BCUT2D eigenvalue weighted by atomic mass is 10.0. The molecule has 25 heavy (non-hydrogen) atoms. The smallest absolute Gasteiger partial charge is 0.119 e. The van der Waals surface area contributed by atoms with E-state index in [-0.39, 0.29) is 0 Å². The van der Waals surface area contributed by atoms with Gasteiger partial charge in [-0.15, -0.1) is 0 Å². The van der Waals surface area contributed by atoms with E-state index in [0.717, 1.165) is 12.3 Å². The van der Waals surface area contributed by atoms with Crippen LogP contribution in [-0.2, 0) is 6.61 Å². The van der Waals surface area contributed by atoms with E-state index >= 15 is 0 Å². The van der Waals surface area contributed by atoms with Gasteiger partial charge in [0.1, 0.15) is 12.4 Å². The van der Waals surface area contributed by atoms with E-state index in [4.69, 9.17) is 4.74 Å². The summed E-state index contributed by atoms with van der Waals surface area (Å²) in [6.07, 6.45) is 0. The number of para-hydroxylation sites is 1. The van der Waals surface area contributed by atoms with Crippen molar-refractivity contribution < 1.29 is 4.74 Å². The van der Waals surface area contributed by atoms with Crippen LogP contribution in [0.4, 0.5) is 11.4 Å². The molecule has 3 aromatic carbocycles. The largest absolute Gasteiger partial charge is 0.489 e. The van der Waals surface area contributed by atoms with E-state index in [9.17, 15) is 0 Å². The van der Waals surface area contributed by atoms with Crippen molar-refractivity contribution in [2.24, 2.45) is 0 Å². The second kappa shape index (κ2) is 6.89. The van der Waals surface area contributed by atoms with Gasteiger partial charge in [0.05, 0.1) is 11.4 Å². The van der Waals surface area contributed by atoms with Crippen LogP contribution in [-0.4, -0.2) is 12.6 Å². The van der Waals surface area contributed by atoms with Crippen LogP contribution in [0.5, 0.6) is 5.75 Å². The predicted octanol–water partition coefficient (Wildman–Crippen LogP) is 5.16. The van der Waals surface area contributed by atoms with E-state index in [1.807, 2.05) is 30.3 Å². The van der Waals surface area contributed by atoms with Crippen LogP contribution in [0.2, 0.25) is 0 Å². The maximum atomic E-state index is 5.88. The molecule has 0 unspecified atom stereocenters. The zero-order valence-corrected chi connectivity index (χ0v) is 14.3. The van der Waals surface area contributed by atoms with Crippen LogP contribution < -0.4 is 15.4 Å². The first-order valence-corrected chi connectivity index (χ1v) is 8.70. The summed E-state index contributed by atoms with van der Waals surface area (Å²) in [7, 11) is 0. The second-order valence-corrected chi connectivity index (χ2v) is 6.45. The van der Waals surface area contributed by atoms with E-state index < -0.39 is 0 Å². The molecule has 1 atom stereocenters. The van der Waals surface area contributed by atoms with Crippen molar-refractivity contribution in [2.75, 3.05) is 17.2 Å². The Balaban J connectivity index is 1.53. The van der Waals surface area contributed by atoms with E-state index in [0.29, 0.717) is 12.6 Å². The zero-order valence-electron chi connectivity index (χ0n) is 14.3. The second-order valence-electron chi connectivity index (χ2n) is 6.45. The minimum Gasteiger partial charge on any atom is -0.489 e. The number of ether oxygens (including phenoxy) is 1. The quantitative estimate of drug-likeness (QED) is 0.693. The molecule has 126 valence electrons. The van der Waals surface area contributed by atoms with Crippen molar-refractivity contribution in [3.63, 3.8) is 0 Å². The molecule has 0 saturated heterocycles. The first-order chi connectivity index (χ1) is 12.3. The maximum Gasteiger partial charge on any atom is 0.119 e. The van der Waals surface area contributed by atoms with Gasteiger partial charge >= 0.3 is 0 Å².